The van der Waals surface area contributed by atoms with Crippen molar-refractivity contribution in [2.75, 3.05) is 0 Å². The smallest absolute Gasteiger partial charge is 0.101 e. The van der Waals surface area contributed by atoms with Crippen LogP contribution in [0.25, 0.3) is 10.9 Å². The topological polar surface area (TPSA) is 28.7 Å². The molecule has 1 aliphatic carbocycles. The van der Waals surface area contributed by atoms with E-state index in [-0.39, 0.29) is 0 Å². The normalized spacial score (nSPS) is 16.5. The molecule has 3 rings (SSSR count). The summed E-state index contributed by atoms with van der Waals surface area (Å²) in [4.78, 5) is 0. The number of fused-ring (bicyclic) bond motifs is 1. The monoisotopic (exact) mass is 288 g/mol. The Balaban J connectivity index is 2.23. The van der Waals surface area contributed by atoms with Crippen molar-refractivity contribution in [2.24, 2.45) is 0 Å². The molecule has 2 nitrogen and oxygen atoms in total. The molecular formula is C14H13BrN2. The maximum Gasteiger partial charge on any atom is 0.101 e. The van der Waals surface area contributed by atoms with Crippen molar-refractivity contribution in [3.05, 3.63) is 34.4 Å². The Kier molecular flexibility index (Phi) is 2.68. The molecule has 0 amide bonds. The molecule has 1 heterocycles. The lowest BCUT2D eigenvalue weighted by Crippen LogP contribution is -2.02. The summed E-state index contributed by atoms with van der Waals surface area (Å²) in [5, 5.41) is 10.3. The van der Waals surface area contributed by atoms with Crippen molar-refractivity contribution in [3.63, 3.8) is 0 Å². The van der Waals surface area contributed by atoms with Gasteiger partial charge in [0.25, 0.3) is 0 Å². The third kappa shape index (κ3) is 1.77. The van der Waals surface area contributed by atoms with Crippen LogP contribution in [-0.4, -0.2) is 4.57 Å². The fourth-order valence-electron chi connectivity index (χ4n) is 2.80. The Hall–Kier alpha value is -1.27. The molecule has 86 valence electrons. The van der Waals surface area contributed by atoms with Gasteiger partial charge in [0.1, 0.15) is 6.07 Å². The first-order valence-corrected chi connectivity index (χ1v) is 6.79. The SMILES string of the molecule is N#Cc1cn(C2CCCC2)c2cc(Br)ccc12. The van der Waals surface area contributed by atoms with Gasteiger partial charge in [-0.15, -0.1) is 0 Å². The molecule has 1 fully saturated rings. The van der Waals surface area contributed by atoms with E-state index in [2.05, 4.69) is 32.6 Å². The summed E-state index contributed by atoms with van der Waals surface area (Å²) in [6.45, 7) is 0. The molecule has 0 N–H and O–H groups in total. The van der Waals surface area contributed by atoms with Crippen LogP contribution in [0, 0.1) is 11.3 Å². The Morgan fingerprint density at radius 1 is 1.29 bits per heavy atom. The second kappa shape index (κ2) is 4.19. The summed E-state index contributed by atoms with van der Waals surface area (Å²) in [6, 6.07) is 9.03. The minimum atomic E-state index is 0.578. The van der Waals surface area contributed by atoms with Crippen molar-refractivity contribution < 1.29 is 0 Å². The number of rotatable bonds is 1. The van der Waals surface area contributed by atoms with Gasteiger partial charge in [-0.25, -0.2) is 0 Å². The summed E-state index contributed by atoms with van der Waals surface area (Å²) in [7, 11) is 0. The number of hydrogen-bond donors (Lipinski definition) is 0. The maximum atomic E-state index is 9.19. The van der Waals surface area contributed by atoms with Gasteiger partial charge < -0.3 is 4.57 Å². The van der Waals surface area contributed by atoms with Crippen LogP contribution < -0.4 is 0 Å². The minimum Gasteiger partial charge on any atom is -0.343 e. The zero-order valence-corrected chi connectivity index (χ0v) is 11.1. The number of nitriles is 1. The molecule has 0 radical (unpaired) electrons. The molecule has 1 aromatic carbocycles. The lowest BCUT2D eigenvalue weighted by atomic mass is 10.2. The Labute approximate surface area is 109 Å². The third-order valence-electron chi connectivity index (χ3n) is 3.63. The lowest BCUT2D eigenvalue weighted by molar-refractivity contribution is 0.535. The van der Waals surface area contributed by atoms with Crippen LogP contribution in [0.2, 0.25) is 0 Å². The first kappa shape index (κ1) is 10.9. The molecule has 2 aromatic rings. The van der Waals surface area contributed by atoms with Crippen LogP contribution in [0.1, 0.15) is 37.3 Å². The van der Waals surface area contributed by atoms with E-state index in [0.29, 0.717) is 6.04 Å². The molecule has 0 aliphatic heterocycles. The van der Waals surface area contributed by atoms with Crippen molar-refractivity contribution in [1.82, 2.24) is 4.57 Å². The van der Waals surface area contributed by atoms with Gasteiger partial charge >= 0.3 is 0 Å². The van der Waals surface area contributed by atoms with Gasteiger partial charge in [0.15, 0.2) is 0 Å². The van der Waals surface area contributed by atoms with Gasteiger partial charge in [0, 0.05) is 22.1 Å². The van der Waals surface area contributed by atoms with E-state index in [1.807, 2.05) is 18.3 Å². The van der Waals surface area contributed by atoms with Gasteiger partial charge in [-0.05, 0) is 25.0 Å². The summed E-state index contributed by atoms with van der Waals surface area (Å²) < 4.78 is 3.37. The average molecular weight is 289 g/mol. The number of aromatic nitrogens is 1. The largest absolute Gasteiger partial charge is 0.343 e. The quantitative estimate of drug-likeness (QED) is 0.765. The number of hydrogen-bond acceptors (Lipinski definition) is 1. The van der Waals surface area contributed by atoms with Gasteiger partial charge in [0.05, 0.1) is 11.1 Å². The molecular weight excluding hydrogens is 276 g/mol. The van der Waals surface area contributed by atoms with Gasteiger partial charge in [0.2, 0.25) is 0 Å². The first-order valence-electron chi connectivity index (χ1n) is 6.00. The summed E-state index contributed by atoms with van der Waals surface area (Å²) in [5.41, 5.74) is 1.97. The predicted molar refractivity (Wildman–Crippen MR) is 71.9 cm³/mol. The molecule has 17 heavy (non-hydrogen) atoms. The van der Waals surface area contributed by atoms with Crippen LogP contribution in [0.15, 0.2) is 28.9 Å². The highest BCUT2D eigenvalue weighted by Gasteiger charge is 2.20. The van der Waals surface area contributed by atoms with Crippen LogP contribution in [0.3, 0.4) is 0 Å². The molecule has 1 saturated carbocycles. The van der Waals surface area contributed by atoms with E-state index in [0.717, 1.165) is 15.4 Å². The van der Waals surface area contributed by atoms with Crippen LogP contribution in [-0.2, 0) is 0 Å². The molecule has 0 spiro atoms. The fourth-order valence-corrected chi connectivity index (χ4v) is 3.15. The fraction of sp³-hybridized carbons (Fsp3) is 0.357. The highest BCUT2D eigenvalue weighted by atomic mass is 79.9. The van der Waals surface area contributed by atoms with E-state index in [1.165, 1.54) is 31.2 Å². The van der Waals surface area contributed by atoms with Crippen molar-refractivity contribution in [2.45, 2.75) is 31.7 Å². The van der Waals surface area contributed by atoms with Gasteiger partial charge in [-0.1, -0.05) is 34.8 Å². The lowest BCUT2D eigenvalue weighted by Gasteiger charge is -2.13. The van der Waals surface area contributed by atoms with E-state index < -0.39 is 0 Å². The standard InChI is InChI=1S/C14H13BrN2/c15-11-5-6-13-10(8-16)9-17(14(13)7-11)12-3-1-2-4-12/h5-7,9,12H,1-4H2. The molecule has 1 aromatic heterocycles. The summed E-state index contributed by atoms with van der Waals surface area (Å²) >= 11 is 3.51. The first-order chi connectivity index (χ1) is 8.29. The van der Waals surface area contributed by atoms with Crippen molar-refractivity contribution in [3.8, 4) is 6.07 Å². The highest BCUT2D eigenvalue weighted by Crippen LogP contribution is 2.35. The van der Waals surface area contributed by atoms with Crippen LogP contribution >= 0.6 is 15.9 Å². The maximum absolute atomic E-state index is 9.19. The van der Waals surface area contributed by atoms with E-state index in [9.17, 15) is 5.26 Å². The molecule has 0 atom stereocenters. The van der Waals surface area contributed by atoms with E-state index in [4.69, 9.17) is 0 Å². The highest BCUT2D eigenvalue weighted by molar-refractivity contribution is 9.10. The molecule has 0 saturated heterocycles. The number of benzene rings is 1. The van der Waals surface area contributed by atoms with Gasteiger partial charge in [-0.3, -0.25) is 0 Å². The zero-order valence-electron chi connectivity index (χ0n) is 9.49. The predicted octanol–water partition coefficient (Wildman–Crippen LogP) is 4.39. The average Bonchev–Trinajstić information content (AvgIpc) is 2.94. The Bertz CT molecular complexity index is 600. The minimum absolute atomic E-state index is 0.578. The Morgan fingerprint density at radius 3 is 2.76 bits per heavy atom. The second-order valence-corrected chi connectivity index (χ2v) is 5.58. The summed E-state index contributed by atoms with van der Waals surface area (Å²) in [5.74, 6) is 0. The zero-order chi connectivity index (χ0) is 11.8. The summed E-state index contributed by atoms with van der Waals surface area (Å²) in [6.07, 6.45) is 7.11. The Morgan fingerprint density at radius 2 is 2.06 bits per heavy atom. The molecule has 1 aliphatic rings. The number of halogens is 1. The van der Waals surface area contributed by atoms with Crippen molar-refractivity contribution >= 4 is 26.8 Å². The van der Waals surface area contributed by atoms with Crippen molar-refractivity contribution in [1.29, 1.82) is 5.26 Å². The molecule has 0 unspecified atom stereocenters. The third-order valence-corrected chi connectivity index (χ3v) is 4.13. The van der Waals surface area contributed by atoms with E-state index >= 15 is 0 Å². The van der Waals surface area contributed by atoms with Gasteiger partial charge in [-0.2, -0.15) is 5.26 Å². The second-order valence-electron chi connectivity index (χ2n) is 4.66. The molecule has 0 bridgehead atoms. The van der Waals surface area contributed by atoms with Crippen LogP contribution in [0.4, 0.5) is 0 Å². The van der Waals surface area contributed by atoms with E-state index in [1.54, 1.807) is 0 Å². The molecule has 3 heteroatoms. The van der Waals surface area contributed by atoms with Crippen LogP contribution in [0.5, 0.6) is 0 Å². The number of nitrogens with zero attached hydrogens (tertiary/aromatic N) is 2.